The van der Waals surface area contributed by atoms with Gasteiger partial charge >= 0.3 is 0 Å². The van der Waals surface area contributed by atoms with Crippen molar-refractivity contribution in [3.63, 3.8) is 0 Å². The summed E-state index contributed by atoms with van der Waals surface area (Å²) in [7, 11) is 0. The smallest absolute Gasteiger partial charge is 0.135 e. The van der Waals surface area contributed by atoms with Crippen LogP contribution in [0.3, 0.4) is 0 Å². The molecule has 0 radical (unpaired) electrons. The average Bonchev–Trinajstić information content (AvgIpc) is 3.50. The number of fused-ring (bicyclic) bond motifs is 5. The minimum Gasteiger partial charge on any atom is -0.459 e. The molecule has 0 bridgehead atoms. The van der Waals surface area contributed by atoms with E-state index in [-0.39, 0.29) is 12.3 Å². The first-order valence-electron chi connectivity index (χ1n) is 15.4. The van der Waals surface area contributed by atoms with E-state index in [0.717, 1.165) is 44.8 Å². The number of furan rings is 1. The normalized spacial score (nSPS) is 17.8. The number of para-hydroxylation sites is 1. The van der Waals surface area contributed by atoms with Crippen molar-refractivity contribution in [2.45, 2.75) is 18.9 Å². The number of rotatable bonds is 4. The summed E-state index contributed by atoms with van der Waals surface area (Å²) in [5.74, 6) is 1.76. The molecular weight excluding hydrogens is 552 g/mol. The maximum Gasteiger partial charge on any atom is 0.135 e. The van der Waals surface area contributed by atoms with Crippen LogP contribution in [0.5, 0.6) is 0 Å². The number of benzene rings is 6. The van der Waals surface area contributed by atoms with Crippen molar-refractivity contribution >= 4 is 43.9 Å². The third kappa shape index (κ3) is 4.57. The zero-order valence-electron chi connectivity index (χ0n) is 24.5. The molecule has 7 aromatic rings. The van der Waals surface area contributed by atoms with Crippen molar-refractivity contribution < 1.29 is 4.42 Å². The minimum atomic E-state index is -0.264. The van der Waals surface area contributed by atoms with Crippen LogP contribution in [0.2, 0.25) is 0 Å². The Morgan fingerprint density at radius 3 is 2.27 bits per heavy atom. The van der Waals surface area contributed by atoms with Gasteiger partial charge in [0.2, 0.25) is 0 Å². The van der Waals surface area contributed by atoms with Gasteiger partial charge in [0.25, 0.3) is 0 Å². The van der Waals surface area contributed by atoms with E-state index in [1.54, 1.807) is 0 Å². The van der Waals surface area contributed by atoms with E-state index in [4.69, 9.17) is 9.41 Å². The Bertz CT molecular complexity index is 2300. The van der Waals surface area contributed by atoms with Crippen molar-refractivity contribution in [3.05, 3.63) is 162 Å². The van der Waals surface area contributed by atoms with Gasteiger partial charge < -0.3 is 15.1 Å². The van der Waals surface area contributed by atoms with Crippen LogP contribution in [0.4, 0.5) is 0 Å². The molecule has 0 aliphatic carbocycles. The first kappa shape index (κ1) is 25.8. The highest BCUT2D eigenvalue weighted by atomic mass is 16.3. The Balaban J connectivity index is 1.15. The Kier molecular flexibility index (Phi) is 6.03. The molecule has 1 aromatic heterocycles. The van der Waals surface area contributed by atoms with Gasteiger partial charge in [0.1, 0.15) is 29.5 Å². The molecule has 216 valence electrons. The van der Waals surface area contributed by atoms with E-state index in [0.29, 0.717) is 6.54 Å². The summed E-state index contributed by atoms with van der Waals surface area (Å²) < 4.78 is 6.27. The monoisotopic (exact) mass is 582 g/mol. The second-order valence-electron chi connectivity index (χ2n) is 11.8. The number of hydrogen-bond donors (Lipinski definition) is 3. The first-order valence-corrected chi connectivity index (χ1v) is 15.4. The fraction of sp³-hybridized carbons (Fsp3) is 0.0750. The molecule has 45 heavy (non-hydrogen) atoms. The highest BCUT2D eigenvalue weighted by Crippen LogP contribution is 2.37. The van der Waals surface area contributed by atoms with E-state index < -0.39 is 0 Å². The molecule has 0 spiro atoms. The van der Waals surface area contributed by atoms with Gasteiger partial charge in [-0.15, -0.1) is 0 Å². The molecule has 5 nitrogen and oxygen atoms in total. The third-order valence-corrected chi connectivity index (χ3v) is 8.96. The van der Waals surface area contributed by atoms with Crippen LogP contribution < -0.4 is 16.0 Å². The maximum atomic E-state index is 6.27. The van der Waals surface area contributed by atoms with Gasteiger partial charge in [-0.1, -0.05) is 109 Å². The highest BCUT2D eigenvalue weighted by molar-refractivity contribution is 6.26. The quantitative estimate of drug-likeness (QED) is 0.194. The highest BCUT2D eigenvalue weighted by Gasteiger charge is 2.31. The van der Waals surface area contributed by atoms with Gasteiger partial charge in [0, 0.05) is 22.7 Å². The van der Waals surface area contributed by atoms with E-state index in [1.165, 1.54) is 32.7 Å². The van der Waals surface area contributed by atoms with Gasteiger partial charge in [0.15, 0.2) is 0 Å². The summed E-state index contributed by atoms with van der Waals surface area (Å²) in [5.41, 5.74) is 7.69. The zero-order chi connectivity index (χ0) is 29.7. The van der Waals surface area contributed by atoms with Crippen LogP contribution >= 0.6 is 0 Å². The number of amidine groups is 1. The molecule has 6 aromatic carbocycles. The molecule has 5 heteroatoms. The molecule has 2 atom stereocenters. The molecule has 0 amide bonds. The Labute approximate surface area is 260 Å². The Morgan fingerprint density at radius 1 is 0.622 bits per heavy atom. The van der Waals surface area contributed by atoms with Crippen LogP contribution in [-0.4, -0.2) is 5.84 Å². The lowest BCUT2D eigenvalue weighted by Gasteiger charge is -2.33. The summed E-state index contributed by atoms with van der Waals surface area (Å²) in [5, 5.41) is 16.9. The molecule has 2 unspecified atom stereocenters. The van der Waals surface area contributed by atoms with Crippen molar-refractivity contribution in [1.82, 2.24) is 16.0 Å². The second kappa shape index (κ2) is 10.5. The molecule has 9 rings (SSSR count). The Morgan fingerprint density at radius 2 is 1.33 bits per heavy atom. The third-order valence-electron chi connectivity index (χ3n) is 8.96. The lowest BCUT2D eigenvalue weighted by molar-refractivity contribution is 0.410. The predicted molar refractivity (Wildman–Crippen MR) is 184 cm³/mol. The molecule has 3 heterocycles. The maximum absolute atomic E-state index is 6.27. The van der Waals surface area contributed by atoms with E-state index >= 15 is 0 Å². The van der Waals surface area contributed by atoms with Gasteiger partial charge in [-0.2, -0.15) is 0 Å². The summed E-state index contributed by atoms with van der Waals surface area (Å²) in [6, 6.07) is 47.3. The molecule has 2 aliphatic rings. The molecule has 3 N–H and O–H groups in total. The largest absolute Gasteiger partial charge is 0.459 e. The number of aliphatic imine (C=N–C) groups is 1. The van der Waals surface area contributed by atoms with Crippen LogP contribution in [0.15, 0.2) is 149 Å². The molecular formula is C40H30N4O. The number of nitrogens with zero attached hydrogens (tertiary/aromatic N) is 1. The summed E-state index contributed by atoms with van der Waals surface area (Å²) in [4.78, 5) is 5.32. The van der Waals surface area contributed by atoms with Crippen molar-refractivity contribution in [2.75, 3.05) is 0 Å². The summed E-state index contributed by atoms with van der Waals surface area (Å²) >= 11 is 0. The summed E-state index contributed by atoms with van der Waals surface area (Å²) in [6.07, 6.45) is 1.65. The SMILES string of the molecule is C1=C(C2=NC(c3ccc4cc(-c5ccccc5)ccc4c3)NC(c3ccc4ccccc4c3)N2)c2c(oc3ccccc23)CN1. The average molecular weight is 583 g/mol. The van der Waals surface area contributed by atoms with Crippen molar-refractivity contribution in [2.24, 2.45) is 4.99 Å². The lowest BCUT2D eigenvalue weighted by atomic mass is 9.97. The molecule has 0 saturated carbocycles. The fourth-order valence-corrected chi connectivity index (χ4v) is 6.69. The molecule has 0 saturated heterocycles. The van der Waals surface area contributed by atoms with Crippen LogP contribution in [0, 0.1) is 0 Å². The van der Waals surface area contributed by atoms with Crippen LogP contribution in [-0.2, 0) is 6.54 Å². The van der Waals surface area contributed by atoms with Crippen molar-refractivity contribution in [1.29, 1.82) is 0 Å². The topological polar surface area (TPSA) is 61.6 Å². The molecule has 2 aliphatic heterocycles. The van der Waals surface area contributed by atoms with Gasteiger partial charge in [-0.25, -0.2) is 4.99 Å². The Hall–Kier alpha value is -5.65. The van der Waals surface area contributed by atoms with E-state index in [1.807, 2.05) is 12.1 Å². The summed E-state index contributed by atoms with van der Waals surface area (Å²) in [6.45, 7) is 0.645. The van der Waals surface area contributed by atoms with Gasteiger partial charge in [-0.05, 0) is 68.1 Å². The first-order chi connectivity index (χ1) is 22.3. The predicted octanol–water partition coefficient (Wildman–Crippen LogP) is 8.84. The van der Waals surface area contributed by atoms with Gasteiger partial charge in [0.05, 0.1) is 6.54 Å². The second-order valence-corrected chi connectivity index (χ2v) is 11.8. The molecule has 0 fully saturated rings. The number of nitrogens with one attached hydrogen (secondary N) is 3. The lowest BCUT2D eigenvalue weighted by Crippen LogP contribution is -2.45. The van der Waals surface area contributed by atoms with Crippen LogP contribution in [0.1, 0.15) is 34.8 Å². The van der Waals surface area contributed by atoms with Crippen molar-refractivity contribution in [3.8, 4) is 11.1 Å². The van der Waals surface area contributed by atoms with E-state index in [2.05, 4.69) is 143 Å². The zero-order valence-corrected chi connectivity index (χ0v) is 24.5. The fourth-order valence-electron chi connectivity index (χ4n) is 6.69. The van der Waals surface area contributed by atoms with Gasteiger partial charge in [-0.3, -0.25) is 5.32 Å². The van der Waals surface area contributed by atoms with E-state index in [9.17, 15) is 0 Å². The standard InChI is InChI=1S/C40H30N4O/c1-2-8-25(9-3-1)28-15-16-30-22-32(19-17-29(30)20-28)39-42-38(31-18-14-26-10-4-5-11-27(26)21-31)43-40(44-39)34-23-41-24-36-37(34)33-12-6-7-13-35(33)45-36/h1-23,38-39,41-42H,24H2,(H,43,44). The minimum absolute atomic E-state index is 0.160. The number of hydrogen-bond acceptors (Lipinski definition) is 5. The van der Waals surface area contributed by atoms with Crippen LogP contribution in [0.25, 0.3) is 49.2 Å².